The zero-order valence-electron chi connectivity index (χ0n) is 8.47. The molecular formula is C10H13ClN2O. The summed E-state index contributed by atoms with van der Waals surface area (Å²) in [5, 5.41) is 0.636. The number of fused-ring (bicyclic) bond motifs is 1. The van der Waals surface area contributed by atoms with Crippen molar-refractivity contribution in [1.82, 2.24) is 9.55 Å². The summed E-state index contributed by atoms with van der Waals surface area (Å²) in [4.78, 5) is 13.8. The number of imidazole rings is 1. The summed E-state index contributed by atoms with van der Waals surface area (Å²) in [5.74, 6) is 0. The molecule has 76 valence electrons. The predicted molar refractivity (Wildman–Crippen MR) is 59.9 cm³/mol. The van der Waals surface area contributed by atoms with Crippen LogP contribution in [-0.4, -0.2) is 9.55 Å². The highest BCUT2D eigenvalue weighted by molar-refractivity contribution is 6.31. The van der Waals surface area contributed by atoms with Gasteiger partial charge in [-0.05, 0) is 18.2 Å². The number of aromatic amines is 1. The molecule has 0 saturated carbocycles. The van der Waals surface area contributed by atoms with Crippen LogP contribution in [-0.2, 0) is 7.05 Å². The fourth-order valence-corrected chi connectivity index (χ4v) is 1.36. The van der Waals surface area contributed by atoms with Crippen LogP contribution in [0.4, 0.5) is 0 Å². The van der Waals surface area contributed by atoms with Crippen LogP contribution in [0.1, 0.15) is 13.8 Å². The van der Waals surface area contributed by atoms with Crippen molar-refractivity contribution in [3.63, 3.8) is 0 Å². The number of nitrogens with one attached hydrogen (secondary N) is 1. The van der Waals surface area contributed by atoms with Crippen molar-refractivity contribution >= 4 is 22.6 Å². The number of H-pyrrole nitrogens is 1. The number of aromatic nitrogens is 2. The van der Waals surface area contributed by atoms with Gasteiger partial charge >= 0.3 is 5.69 Å². The first-order valence-corrected chi connectivity index (χ1v) is 4.90. The van der Waals surface area contributed by atoms with E-state index in [0.29, 0.717) is 5.02 Å². The Bertz CT molecular complexity index is 484. The fraction of sp³-hybridized carbons (Fsp3) is 0.300. The summed E-state index contributed by atoms with van der Waals surface area (Å²) in [7, 11) is 1.71. The molecule has 1 N–H and O–H groups in total. The van der Waals surface area contributed by atoms with Gasteiger partial charge in [0.25, 0.3) is 0 Å². The summed E-state index contributed by atoms with van der Waals surface area (Å²) < 4.78 is 1.53. The Morgan fingerprint density at radius 1 is 1.36 bits per heavy atom. The third-order valence-corrected chi connectivity index (χ3v) is 2.10. The van der Waals surface area contributed by atoms with E-state index in [9.17, 15) is 4.79 Å². The second-order valence-electron chi connectivity index (χ2n) is 2.65. The SMILES string of the molecule is CC.Cn1c(=O)[nH]c2ccc(Cl)cc21. The molecule has 3 nitrogen and oxygen atoms in total. The second-order valence-corrected chi connectivity index (χ2v) is 3.09. The number of nitrogens with zero attached hydrogens (tertiary/aromatic N) is 1. The van der Waals surface area contributed by atoms with Gasteiger partial charge in [-0.25, -0.2) is 4.79 Å². The van der Waals surface area contributed by atoms with Gasteiger partial charge in [-0.1, -0.05) is 25.4 Å². The fourth-order valence-electron chi connectivity index (χ4n) is 1.20. The first-order chi connectivity index (χ1) is 6.68. The Morgan fingerprint density at radius 3 is 2.64 bits per heavy atom. The molecule has 1 aromatic carbocycles. The molecule has 0 radical (unpaired) electrons. The molecule has 0 saturated heterocycles. The second kappa shape index (κ2) is 4.33. The Balaban J connectivity index is 0.000000461. The molecule has 0 fully saturated rings. The molecule has 0 aliphatic heterocycles. The number of hydrogen-bond acceptors (Lipinski definition) is 1. The van der Waals surface area contributed by atoms with E-state index in [1.807, 2.05) is 13.8 Å². The summed E-state index contributed by atoms with van der Waals surface area (Å²) >= 11 is 5.77. The van der Waals surface area contributed by atoms with Crippen molar-refractivity contribution in [1.29, 1.82) is 0 Å². The molecule has 0 spiro atoms. The van der Waals surface area contributed by atoms with Crippen molar-refractivity contribution < 1.29 is 0 Å². The Kier molecular flexibility index (Phi) is 3.36. The smallest absolute Gasteiger partial charge is 0.306 e. The molecular weight excluding hydrogens is 200 g/mol. The van der Waals surface area contributed by atoms with Crippen LogP contribution in [0.2, 0.25) is 5.02 Å². The van der Waals surface area contributed by atoms with Gasteiger partial charge in [0, 0.05) is 12.1 Å². The number of benzene rings is 1. The molecule has 14 heavy (non-hydrogen) atoms. The number of hydrogen-bond donors (Lipinski definition) is 1. The molecule has 0 aliphatic rings. The van der Waals surface area contributed by atoms with Crippen LogP contribution in [0.15, 0.2) is 23.0 Å². The molecule has 0 bridgehead atoms. The van der Waals surface area contributed by atoms with Gasteiger partial charge in [0.2, 0.25) is 0 Å². The lowest BCUT2D eigenvalue weighted by atomic mass is 10.3. The summed E-state index contributed by atoms with van der Waals surface area (Å²) in [5.41, 5.74) is 1.52. The molecule has 0 aliphatic carbocycles. The summed E-state index contributed by atoms with van der Waals surface area (Å²) in [6, 6.07) is 5.30. The molecule has 1 heterocycles. The maximum atomic E-state index is 11.1. The van der Waals surface area contributed by atoms with Crippen molar-refractivity contribution in [2.45, 2.75) is 13.8 Å². The van der Waals surface area contributed by atoms with Gasteiger partial charge in [0.1, 0.15) is 0 Å². The lowest BCUT2D eigenvalue weighted by molar-refractivity contribution is 0.891. The first-order valence-electron chi connectivity index (χ1n) is 4.53. The van der Waals surface area contributed by atoms with Gasteiger partial charge in [-0.3, -0.25) is 4.57 Å². The standard InChI is InChI=1S/C8H7ClN2O.C2H6/c1-11-7-4-5(9)2-3-6(7)10-8(11)12;1-2/h2-4H,1H3,(H,10,12);1-2H3. The van der Waals surface area contributed by atoms with Gasteiger partial charge in [0.15, 0.2) is 0 Å². The monoisotopic (exact) mass is 212 g/mol. The van der Waals surface area contributed by atoms with Gasteiger partial charge < -0.3 is 4.98 Å². The molecule has 0 atom stereocenters. The number of aryl methyl sites for hydroxylation is 1. The van der Waals surface area contributed by atoms with Gasteiger partial charge in [0.05, 0.1) is 11.0 Å². The van der Waals surface area contributed by atoms with E-state index in [2.05, 4.69) is 4.98 Å². The highest BCUT2D eigenvalue weighted by Gasteiger charge is 2.01. The molecule has 1 aromatic heterocycles. The zero-order valence-corrected chi connectivity index (χ0v) is 9.22. The molecule has 4 heteroatoms. The third kappa shape index (κ3) is 1.82. The minimum absolute atomic E-state index is 0.118. The average Bonchev–Trinajstić information content (AvgIpc) is 2.48. The van der Waals surface area contributed by atoms with Crippen LogP contribution in [0, 0.1) is 0 Å². The topological polar surface area (TPSA) is 37.8 Å². The van der Waals surface area contributed by atoms with Gasteiger partial charge in [-0.15, -0.1) is 0 Å². The highest BCUT2D eigenvalue weighted by atomic mass is 35.5. The third-order valence-electron chi connectivity index (χ3n) is 1.87. The van der Waals surface area contributed by atoms with Crippen LogP contribution in [0.25, 0.3) is 11.0 Å². The molecule has 0 amide bonds. The highest BCUT2D eigenvalue weighted by Crippen LogP contribution is 2.15. The lowest BCUT2D eigenvalue weighted by Crippen LogP contribution is -2.11. The van der Waals surface area contributed by atoms with E-state index in [1.165, 1.54) is 4.57 Å². The first kappa shape index (κ1) is 10.9. The van der Waals surface area contributed by atoms with E-state index in [1.54, 1.807) is 25.2 Å². The molecule has 2 aromatic rings. The number of rotatable bonds is 0. The molecule has 2 rings (SSSR count). The van der Waals surface area contributed by atoms with Crippen molar-refractivity contribution in [2.24, 2.45) is 7.05 Å². The minimum Gasteiger partial charge on any atom is -0.306 e. The quantitative estimate of drug-likeness (QED) is 0.716. The van der Waals surface area contributed by atoms with Crippen LogP contribution < -0.4 is 5.69 Å². The van der Waals surface area contributed by atoms with E-state index < -0.39 is 0 Å². The van der Waals surface area contributed by atoms with Crippen molar-refractivity contribution in [2.75, 3.05) is 0 Å². The van der Waals surface area contributed by atoms with Crippen LogP contribution >= 0.6 is 11.6 Å². The Labute approximate surface area is 87.3 Å². The minimum atomic E-state index is -0.118. The Morgan fingerprint density at radius 2 is 2.00 bits per heavy atom. The van der Waals surface area contributed by atoms with Crippen LogP contribution in [0.3, 0.4) is 0 Å². The largest absolute Gasteiger partial charge is 0.326 e. The van der Waals surface area contributed by atoms with E-state index in [4.69, 9.17) is 11.6 Å². The summed E-state index contributed by atoms with van der Waals surface area (Å²) in [6.07, 6.45) is 0. The van der Waals surface area contributed by atoms with E-state index >= 15 is 0 Å². The maximum Gasteiger partial charge on any atom is 0.326 e. The van der Waals surface area contributed by atoms with Crippen molar-refractivity contribution in [3.05, 3.63) is 33.7 Å². The lowest BCUT2D eigenvalue weighted by Gasteiger charge is -1.92. The number of halogens is 1. The van der Waals surface area contributed by atoms with Crippen LogP contribution in [0.5, 0.6) is 0 Å². The Hall–Kier alpha value is -1.22. The molecule has 0 unspecified atom stereocenters. The maximum absolute atomic E-state index is 11.1. The predicted octanol–water partition coefficient (Wildman–Crippen LogP) is 2.55. The zero-order chi connectivity index (χ0) is 10.7. The van der Waals surface area contributed by atoms with E-state index in [-0.39, 0.29) is 5.69 Å². The summed E-state index contributed by atoms with van der Waals surface area (Å²) in [6.45, 7) is 4.00. The normalized spacial score (nSPS) is 9.71. The van der Waals surface area contributed by atoms with Crippen molar-refractivity contribution in [3.8, 4) is 0 Å². The van der Waals surface area contributed by atoms with Gasteiger partial charge in [-0.2, -0.15) is 0 Å². The van der Waals surface area contributed by atoms with E-state index in [0.717, 1.165) is 11.0 Å². The average molecular weight is 213 g/mol.